The van der Waals surface area contributed by atoms with Crippen LogP contribution in [0.3, 0.4) is 0 Å². The number of benzene rings is 2. The predicted molar refractivity (Wildman–Crippen MR) is 137 cm³/mol. The van der Waals surface area contributed by atoms with E-state index in [1.165, 1.54) is 0 Å². The number of hydrogen-bond donors (Lipinski definition) is 1. The van der Waals surface area contributed by atoms with Gasteiger partial charge in [0, 0.05) is 32.5 Å². The molecule has 2 amide bonds. The first kappa shape index (κ1) is 25.5. The Hall–Kier alpha value is -3.15. The van der Waals surface area contributed by atoms with Crippen LogP contribution in [0.4, 0.5) is 0 Å². The van der Waals surface area contributed by atoms with Crippen LogP contribution in [-0.4, -0.2) is 45.9 Å². The van der Waals surface area contributed by atoms with E-state index in [0.717, 1.165) is 41.9 Å². The average molecular weight is 463 g/mol. The van der Waals surface area contributed by atoms with Crippen molar-refractivity contribution in [3.63, 3.8) is 0 Å². The van der Waals surface area contributed by atoms with E-state index in [1.807, 2.05) is 64.1 Å². The van der Waals surface area contributed by atoms with Gasteiger partial charge in [-0.3, -0.25) is 9.59 Å². The monoisotopic (exact) mass is 462 g/mol. The number of carbonyl (C=O) groups is 2. The fourth-order valence-electron chi connectivity index (χ4n) is 4.19. The Bertz CT molecular complexity index is 1060. The Kier molecular flexibility index (Phi) is 9.25. The highest BCUT2D eigenvalue weighted by Crippen LogP contribution is 2.17. The number of nitrogens with one attached hydrogen (secondary N) is 1. The van der Waals surface area contributed by atoms with Gasteiger partial charge in [0.05, 0.1) is 11.0 Å². The number of nitrogens with zero attached hydrogens (tertiary/aromatic N) is 3. The van der Waals surface area contributed by atoms with Crippen LogP contribution in [0.25, 0.3) is 11.0 Å². The van der Waals surface area contributed by atoms with E-state index in [9.17, 15) is 9.59 Å². The Morgan fingerprint density at radius 2 is 1.56 bits per heavy atom. The average Bonchev–Trinajstić information content (AvgIpc) is 3.14. The lowest BCUT2D eigenvalue weighted by Crippen LogP contribution is -2.39. The second-order valence-corrected chi connectivity index (χ2v) is 9.77. The zero-order valence-electron chi connectivity index (χ0n) is 21.0. The van der Waals surface area contributed by atoms with Gasteiger partial charge in [-0.05, 0) is 36.0 Å². The third kappa shape index (κ3) is 7.44. The summed E-state index contributed by atoms with van der Waals surface area (Å²) in [6.45, 7) is 10.8. The number of rotatable bonds is 12. The van der Waals surface area contributed by atoms with E-state index < -0.39 is 0 Å². The fourth-order valence-corrected chi connectivity index (χ4v) is 4.19. The van der Waals surface area contributed by atoms with Crippen LogP contribution in [-0.2, 0) is 29.0 Å². The molecule has 0 aliphatic heterocycles. The molecule has 0 unspecified atom stereocenters. The summed E-state index contributed by atoms with van der Waals surface area (Å²) in [5, 5.41) is 3.01. The third-order valence-corrected chi connectivity index (χ3v) is 5.71. The molecular weight excluding hydrogens is 424 g/mol. The van der Waals surface area contributed by atoms with Gasteiger partial charge in [-0.1, -0.05) is 70.2 Å². The molecule has 0 aliphatic rings. The fraction of sp³-hybridized carbons (Fsp3) is 0.464. The van der Waals surface area contributed by atoms with Gasteiger partial charge >= 0.3 is 0 Å². The van der Waals surface area contributed by atoms with E-state index in [1.54, 1.807) is 0 Å². The molecule has 0 aliphatic carbocycles. The highest BCUT2D eigenvalue weighted by atomic mass is 16.2. The van der Waals surface area contributed by atoms with E-state index >= 15 is 0 Å². The molecule has 34 heavy (non-hydrogen) atoms. The quantitative estimate of drug-likeness (QED) is 0.432. The molecule has 0 radical (unpaired) electrons. The van der Waals surface area contributed by atoms with Gasteiger partial charge < -0.3 is 14.8 Å². The summed E-state index contributed by atoms with van der Waals surface area (Å²) in [5.41, 5.74) is 2.99. The lowest BCUT2D eigenvalue weighted by Gasteiger charge is -2.27. The summed E-state index contributed by atoms with van der Waals surface area (Å²) in [5.74, 6) is 1.79. The topological polar surface area (TPSA) is 67.2 Å². The zero-order chi connectivity index (χ0) is 24.5. The molecule has 1 N–H and O–H groups in total. The van der Waals surface area contributed by atoms with E-state index in [-0.39, 0.29) is 18.4 Å². The van der Waals surface area contributed by atoms with Crippen LogP contribution in [0.5, 0.6) is 0 Å². The highest BCUT2D eigenvalue weighted by molar-refractivity contribution is 5.81. The highest BCUT2D eigenvalue weighted by Gasteiger charge is 2.20. The van der Waals surface area contributed by atoms with Crippen LogP contribution < -0.4 is 5.32 Å². The Morgan fingerprint density at radius 3 is 2.24 bits per heavy atom. The second-order valence-electron chi connectivity index (χ2n) is 9.77. The van der Waals surface area contributed by atoms with E-state index in [0.29, 0.717) is 31.2 Å². The minimum Gasteiger partial charge on any atom is -0.356 e. The number of imidazole rings is 1. The van der Waals surface area contributed by atoms with Gasteiger partial charge in [0.1, 0.15) is 12.4 Å². The van der Waals surface area contributed by atoms with Crippen molar-refractivity contribution in [2.45, 2.75) is 53.5 Å². The maximum atomic E-state index is 13.3. The van der Waals surface area contributed by atoms with Gasteiger partial charge in [0.25, 0.3) is 0 Å². The maximum Gasteiger partial charge on any atom is 0.242 e. The number of amides is 2. The number of fused-ring (bicyclic) bond motifs is 1. The van der Waals surface area contributed by atoms with Crippen molar-refractivity contribution in [3.05, 3.63) is 66.0 Å². The second kappa shape index (κ2) is 12.4. The Balaban J connectivity index is 1.66. The van der Waals surface area contributed by atoms with E-state index in [4.69, 9.17) is 4.98 Å². The Labute approximate surface area is 203 Å². The standard InChI is InChI=1S/C28H38N4O2/c1-21(2)18-31(19-22(3)4)28(34)20-32-25-13-9-8-12-24(25)30-26(32)16-17-29-27(33)15-14-23-10-6-5-7-11-23/h5-13,21-22H,14-20H2,1-4H3,(H,29,33). The number of carbonyl (C=O) groups excluding carboxylic acids is 2. The van der Waals surface area contributed by atoms with Crippen LogP contribution in [0.15, 0.2) is 54.6 Å². The molecule has 3 rings (SSSR count). The molecule has 0 saturated heterocycles. The SMILES string of the molecule is CC(C)CN(CC(C)C)C(=O)Cn1c(CCNC(=O)CCc2ccccc2)nc2ccccc21. The largest absolute Gasteiger partial charge is 0.356 e. The molecule has 182 valence electrons. The van der Waals surface area contributed by atoms with Crippen LogP contribution in [0.2, 0.25) is 0 Å². The number of hydrogen-bond acceptors (Lipinski definition) is 3. The molecule has 6 heteroatoms. The van der Waals surface area contributed by atoms with Crippen molar-refractivity contribution in [2.75, 3.05) is 19.6 Å². The molecular formula is C28H38N4O2. The summed E-state index contributed by atoms with van der Waals surface area (Å²) in [4.78, 5) is 32.4. The molecule has 0 atom stereocenters. The van der Waals surface area contributed by atoms with Gasteiger partial charge in [0.2, 0.25) is 11.8 Å². The molecule has 1 aromatic heterocycles. The van der Waals surface area contributed by atoms with Crippen molar-refractivity contribution < 1.29 is 9.59 Å². The van der Waals surface area contributed by atoms with Crippen molar-refractivity contribution >= 4 is 22.8 Å². The normalized spacial score (nSPS) is 11.4. The molecule has 1 heterocycles. The van der Waals surface area contributed by atoms with Gasteiger partial charge in [-0.15, -0.1) is 0 Å². The summed E-state index contributed by atoms with van der Waals surface area (Å²) < 4.78 is 2.02. The number of aromatic nitrogens is 2. The van der Waals surface area contributed by atoms with Gasteiger partial charge in [-0.2, -0.15) is 0 Å². The molecule has 2 aromatic carbocycles. The van der Waals surface area contributed by atoms with Crippen molar-refractivity contribution in [1.82, 2.24) is 19.8 Å². The summed E-state index contributed by atoms with van der Waals surface area (Å²) in [7, 11) is 0. The lowest BCUT2D eigenvalue weighted by atomic mass is 10.1. The molecule has 0 fully saturated rings. The van der Waals surface area contributed by atoms with E-state index in [2.05, 4.69) is 33.0 Å². The molecule has 3 aromatic rings. The van der Waals surface area contributed by atoms with Crippen LogP contribution in [0.1, 0.15) is 45.5 Å². The smallest absolute Gasteiger partial charge is 0.242 e. The minimum absolute atomic E-state index is 0.0302. The Morgan fingerprint density at radius 1 is 0.912 bits per heavy atom. The third-order valence-electron chi connectivity index (χ3n) is 5.71. The lowest BCUT2D eigenvalue weighted by molar-refractivity contribution is -0.133. The number of aryl methyl sites for hydroxylation is 1. The van der Waals surface area contributed by atoms with Crippen LogP contribution in [0, 0.1) is 11.8 Å². The minimum atomic E-state index is 0.0302. The molecule has 6 nitrogen and oxygen atoms in total. The summed E-state index contributed by atoms with van der Waals surface area (Å²) in [6, 6.07) is 17.9. The van der Waals surface area contributed by atoms with Crippen molar-refractivity contribution in [2.24, 2.45) is 11.8 Å². The predicted octanol–water partition coefficient (Wildman–Crippen LogP) is 4.47. The van der Waals surface area contributed by atoms with Gasteiger partial charge in [-0.25, -0.2) is 4.98 Å². The molecule has 0 bridgehead atoms. The zero-order valence-corrected chi connectivity index (χ0v) is 21.0. The molecule has 0 saturated carbocycles. The van der Waals surface area contributed by atoms with Crippen molar-refractivity contribution in [1.29, 1.82) is 0 Å². The van der Waals surface area contributed by atoms with Gasteiger partial charge in [0.15, 0.2) is 0 Å². The van der Waals surface area contributed by atoms with Crippen LogP contribution >= 0.6 is 0 Å². The summed E-state index contributed by atoms with van der Waals surface area (Å²) in [6.07, 6.45) is 1.76. The first-order valence-corrected chi connectivity index (χ1v) is 12.4. The van der Waals surface area contributed by atoms with Crippen molar-refractivity contribution in [3.8, 4) is 0 Å². The first-order chi connectivity index (χ1) is 16.3. The summed E-state index contributed by atoms with van der Waals surface area (Å²) >= 11 is 0. The number of para-hydroxylation sites is 2. The maximum absolute atomic E-state index is 13.3. The first-order valence-electron chi connectivity index (χ1n) is 12.4. The molecule has 0 spiro atoms.